The Kier molecular flexibility index (Phi) is 20.2. The molecule has 0 bridgehead atoms. The van der Waals surface area contributed by atoms with Crippen molar-refractivity contribution in [1.29, 1.82) is 0 Å². The minimum absolute atomic E-state index is 0. The van der Waals surface area contributed by atoms with Crippen LogP contribution in [0.25, 0.3) is 0 Å². The summed E-state index contributed by atoms with van der Waals surface area (Å²) in [4.78, 5) is 0.972. The van der Waals surface area contributed by atoms with Gasteiger partial charge in [-0.3, -0.25) is 18.8 Å². The lowest BCUT2D eigenvalue weighted by atomic mass is 9.87. The quantitative estimate of drug-likeness (QED) is 0.611. The van der Waals surface area contributed by atoms with Gasteiger partial charge in [-0.15, -0.1) is 12.4 Å². The summed E-state index contributed by atoms with van der Waals surface area (Å²) in [6, 6.07) is 8.10. The maximum absolute atomic E-state index is 5.20. The molecule has 1 rings (SSSR count). The summed E-state index contributed by atoms with van der Waals surface area (Å²) in [5.41, 5.74) is 1.44. The minimum Gasteiger partial charge on any atom is -0.269 e. The Hall–Kier alpha value is -0.550. The first-order valence-corrected chi connectivity index (χ1v) is 4.19. The molecule has 0 nitrogen and oxygen atoms in total. The summed E-state index contributed by atoms with van der Waals surface area (Å²) in [6.45, 7) is 6.54. The van der Waals surface area contributed by atoms with Crippen LogP contribution in [0.5, 0.6) is 0 Å². The highest BCUT2D eigenvalue weighted by Gasteiger charge is 2.15. The molecule has 0 fully saturated rings. The second-order valence-corrected chi connectivity index (χ2v) is 4.19. The molecule has 0 unspecified atom stereocenters. The van der Waals surface area contributed by atoms with Crippen molar-refractivity contribution in [3.8, 4) is 0 Å². The van der Waals surface area contributed by atoms with Crippen molar-refractivity contribution >= 4 is 25.0 Å². The lowest BCUT2D eigenvalue weighted by molar-refractivity contribution is 0.578. The van der Waals surface area contributed by atoms with E-state index in [1.807, 2.05) is 18.2 Å². The largest absolute Gasteiger partial charge is 0.269 e. The average molecular weight is 282 g/mol. The summed E-state index contributed by atoms with van der Waals surface area (Å²) in [6.07, 6.45) is 0. The minimum atomic E-state index is 0. The van der Waals surface area contributed by atoms with Crippen LogP contribution in [0.15, 0.2) is 29.2 Å². The molecule has 0 saturated heterocycles. The Bertz CT molecular complexity index is 263. The maximum Gasteiger partial charge on any atom is 0.0414 e. The Labute approximate surface area is 105 Å². The fourth-order valence-electron chi connectivity index (χ4n) is 1.09. The van der Waals surface area contributed by atoms with E-state index in [9.17, 15) is 0 Å². The van der Waals surface area contributed by atoms with Gasteiger partial charge in [0.2, 0.25) is 0 Å². The van der Waals surface area contributed by atoms with Gasteiger partial charge in [0.1, 0.15) is 0 Å². The molecule has 16 heavy (non-hydrogen) atoms. The number of halogens is 5. The van der Waals surface area contributed by atoms with E-state index in [1.165, 1.54) is 5.56 Å². The van der Waals surface area contributed by atoms with Crippen LogP contribution in [0.4, 0.5) is 18.8 Å². The molecule has 0 heterocycles. The van der Waals surface area contributed by atoms with Gasteiger partial charge < -0.3 is 0 Å². The highest BCUT2D eigenvalue weighted by atomic mass is 35.5. The van der Waals surface area contributed by atoms with Crippen LogP contribution in [-0.4, -0.2) is 0 Å². The molecule has 0 aliphatic carbocycles. The predicted octanol–water partition coefficient (Wildman–Crippen LogP) is 4.57. The molecule has 1 aromatic carbocycles. The maximum atomic E-state index is 5.20. The number of hydrogen-bond donors (Lipinski definition) is 0. The summed E-state index contributed by atoms with van der Waals surface area (Å²) in [5.74, 6) is 0. The third-order valence-electron chi connectivity index (χ3n) is 1.70. The highest BCUT2D eigenvalue weighted by Crippen LogP contribution is 2.27. The molecule has 0 amide bonds. The van der Waals surface area contributed by atoms with Crippen molar-refractivity contribution in [1.82, 2.24) is 0 Å². The van der Waals surface area contributed by atoms with E-state index in [2.05, 4.69) is 26.8 Å². The molecule has 0 aliphatic rings. The third-order valence-corrected chi connectivity index (χ3v) is 2.05. The fraction of sp³-hybridized carbons (Fsp3) is 0.400. The molecular formula is C10H18ClF4S. The molecule has 0 aromatic heterocycles. The number of rotatable bonds is 0. The molecule has 0 aliphatic heterocycles. The second-order valence-electron chi connectivity index (χ2n) is 3.75. The highest BCUT2D eigenvalue weighted by molar-refractivity contribution is 7.80. The van der Waals surface area contributed by atoms with E-state index in [-0.39, 0.29) is 36.6 Å². The van der Waals surface area contributed by atoms with Crippen LogP contribution in [0, 0.1) is 0 Å². The molecule has 0 spiro atoms. The third kappa shape index (κ3) is 7.70. The summed E-state index contributed by atoms with van der Waals surface area (Å²) in [7, 11) is 0. The first kappa shape index (κ1) is 29.5. The SMILES string of the molecule is CC(C)(C)c1ccccc1[S].Cl.F.F.F.F. The smallest absolute Gasteiger partial charge is 0.0414 e. The van der Waals surface area contributed by atoms with Crippen molar-refractivity contribution in [2.75, 3.05) is 0 Å². The molecule has 0 N–H and O–H groups in total. The van der Waals surface area contributed by atoms with Crippen LogP contribution in [0.3, 0.4) is 0 Å². The first-order chi connectivity index (χ1) is 5.02. The van der Waals surface area contributed by atoms with Crippen LogP contribution in [0.1, 0.15) is 26.3 Å². The molecule has 99 valence electrons. The van der Waals surface area contributed by atoms with Crippen LogP contribution in [0.2, 0.25) is 0 Å². The Morgan fingerprint density at radius 3 is 1.50 bits per heavy atom. The van der Waals surface area contributed by atoms with Crippen molar-refractivity contribution in [2.24, 2.45) is 0 Å². The van der Waals surface area contributed by atoms with E-state index in [0.29, 0.717) is 0 Å². The van der Waals surface area contributed by atoms with Crippen LogP contribution in [-0.2, 0) is 5.41 Å². The van der Waals surface area contributed by atoms with Crippen LogP contribution >= 0.6 is 25.0 Å². The monoisotopic (exact) mass is 281 g/mol. The van der Waals surface area contributed by atoms with Gasteiger partial charge in [-0.2, -0.15) is 0 Å². The van der Waals surface area contributed by atoms with Gasteiger partial charge in [0, 0.05) is 4.90 Å². The van der Waals surface area contributed by atoms with E-state index in [0.717, 1.165) is 4.90 Å². The van der Waals surface area contributed by atoms with E-state index in [1.54, 1.807) is 0 Å². The topological polar surface area (TPSA) is 0 Å². The molecule has 0 atom stereocenters. The Morgan fingerprint density at radius 2 is 1.25 bits per heavy atom. The van der Waals surface area contributed by atoms with Crippen molar-refractivity contribution < 1.29 is 18.8 Å². The Balaban J connectivity index is -0.0000000807. The zero-order valence-electron chi connectivity index (χ0n) is 9.26. The van der Waals surface area contributed by atoms with Gasteiger partial charge in [-0.25, -0.2) is 0 Å². The predicted molar refractivity (Wildman–Crippen MR) is 68.3 cm³/mol. The second kappa shape index (κ2) is 11.0. The fourth-order valence-corrected chi connectivity index (χ4v) is 1.54. The van der Waals surface area contributed by atoms with Gasteiger partial charge in [-0.05, 0) is 17.0 Å². The van der Waals surface area contributed by atoms with Crippen molar-refractivity contribution in [3.63, 3.8) is 0 Å². The lowest BCUT2D eigenvalue weighted by Crippen LogP contribution is -2.11. The standard InChI is InChI=1S/C10H13S.ClH.4FH/c1-10(2,3)8-6-4-5-7-9(8)11;;;;;/h4-7H,1-3H3;5*1H. The van der Waals surface area contributed by atoms with Crippen molar-refractivity contribution in [2.45, 2.75) is 31.1 Å². The molecular weight excluding hydrogens is 264 g/mol. The average Bonchev–Trinajstić information content (AvgIpc) is 1.86. The molecule has 6 heteroatoms. The van der Waals surface area contributed by atoms with Crippen molar-refractivity contribution in [3.05, 3.63) is 29.8 Å². The molecule has 1 radical (unpaired) electrons. The Morgan fingerprint density at radius 1 is 0.875 bits per heavy atom. The van der Waals surface area contributed by atoms with E-state index >= 15 is 0 Å². The zero-order valence-corrected chi connectivity index (χ0v) is 10.9. The summed E-state index contributed by atoms with van der Waals surface area (Å²) in [5, 5.41) is 0. The first-order valence-electron chi connectivity index (χ1n) is 3.78. The summed E-state index contributed by atoms with van der Waals surface area (Å²) < 4.78 is 0. The van der Waals surface area contributed by atoms with Gasteiger partial charge >= 0.3 is 0 Å². The zero-order chi connectivity index (χ0) is 8.48. The van der Waals surface area contributed by atoms with Gasteiger partial charge in [0.05, 0.1) is 0 Å². The van der Waals surface area contributed by atoms with E-state index < -0.39 is 0 Å². The number of hydrogen-bond acceptors (Lipinski definition) is 0. The van der Waals surface area contributed by atoms with Crippen LogP contribution < -0.4 is 0 Å². The molecule has 1 aromatic rings. The number of benzene rings is 1. The normalized spacial score (nSPS) is 7.94. The lowest BCUT2D eigenvalue weighted by Gasteiger charge is -2.19. The van der Waals surface area contributed by atoms with E-state index in [4.69, 9.17) is 12.6 Å². The van der Waals surface area contributed by atoms with Gasteiger partial charge in [0.25, 0.3) is 0 Å². The summed E-state index contributed by atoms with van der Waals surface area (Å²) >= 11 is 5.20. The van der Waals surface area contributed by atoms with Gasteiger partial charge in [0.15, 0.2) is 0 Å². The molecule has 0 saturated carbocycles. The van der Waals surface area contributed by atoms with Gasteiger partial charge in [-0.1, -0.05) is 51.6 Å².